The van der Waals surface area contributed by atoms with Crippen LogP contribution in [0.4, 0.5) is 4.39 Å². The minimum atomic E-state index is -0.435. The van der Waals surface area contributed by atoms with Crippen molar-refractivity contribution in [3.05, 3.63) is 94.4 Å². The molecule has 0 amide bonds. The standard InChI is InChI=1S/C31H32FN5S/c1-5-21(19-37-15-8-9-16-37)18-22(6-2)20(4)28(32)27-24(7-3)35-36-30(27)31-33-25-13-10-12-23(29(25)34-31)26-14-11-17-38-26/h5-7,10-14,17-18,35H,1,4,8-9,15-16,19H2,2-3H3,(H,33,34)/b21-18+,22-6+,24-7+,28-27-. The van der Waals surface area contributed by atoms with Gasteiger partial charge in [0, 0.05) is 22.6 Å². The van der Waals surface area contributed by atoms with Gasteiger partial charge in [-0.3, -0.25) is 10.00 Å². The van der Waals surface area contributed by atoms with E-state index in [1.807, 2.05) is 67.8 Å². The van der Waals surface area contributed by atoms with Crippen molar-refractivity contribution in [3.8, 4) is 22.0 Å². The molecule has 1 aromatic carbocycles. The Hall–Kier alpha value is -3.81. The summed E-state index contributed by atoms with van der Waals surface area (Å²) in [7, 11) is 0. The number of hydrogen-bond acceptors (Lipinski definition) is 4. The average molecular weight is 526 g/mol. The molecule has 0 spiro atoms. The summed E-state index contributed by atoms with van der Waals surface area (Å²) in [5, 5.41) is 10.4. The first-order valence-corrected chi connectivity index (χ1v) is 13.8. The molecular weight excluding hydrogens is 493 g/mol. The van der Waals surface area contributed by atoms with Crippen LogP contribution in [0.1, 0.15) is 26.7 Å². The molecule has 0 atom stereocenters. The summed E-state index contributed by atoms with van der Waals surface area (Å²) in [6, 6.07) is 10.1. The van der Waals surface area contributed by atoms with Gasteiger partial charge in [-0.05, 0) is 68.4 Å². The summed E-state index contributed by atoms with van der Waals surface area (Å²) < 4.78 is 16.3. The molecule has 0 unspecified atom stereocenters. The molecule has 0 saturated carbocycles. The molecule has 4 aromatic rings. The lowest BCUT2D eigenvalue weighted by molar-refractivity contribution is 0.371. The minimum Gasteiger partial charge on any atom is -0.337 e. The van der Waals surface area contributed by atoms with Crippen molar-refractivity contribution in [1.82, 2.24) is 25.1 Å². The van der Waals surface area contributed by atoms with Gasteiger partial charge >= 0.3 is 0 Å². The maximum Gasteiger partial charge on any atom is 0.159 e. The van der Waals surface area contributed by atoms with Gasteiger partial charge < -0.3 is 4.98 Å². The van der Waals surface area contributed by atoms with Crippen molar-refractivity contribution in [2.75, 3.05) is 19.6 Å². The number of aromatic amines is 2. The molecule has 2 N–H and O–H groups in total. The van der Waals surface area contributed by atoms with E-state index in [4.69, 9.17) is 4.98 Å². The van der Waals surface area contributed by atoms with Crippen LogP contribution in [0.3, 0.4) is 0 Å². The Morgan fingerprint density at radius 1 is 1.18 bits per heavy atom. The second-order valence-corrected chi connectivity index (χ2v) is 10.3. The minimum absolute atomic E-state index is 0.300. The van der Waals surface area contributed by atoms with Gasteiger partial charge in [0.2, 0.25) is 0 Å². The number of benzene rings is 1. The van der Waals surface area contributed by atoms with Gasteiger partial charge in [0.15, 0.2) is 5.82 Å². The topological polar surface area (TPSA) is 60.6 Å². The molecule has 1 fully saturated rings. The lowest BCUT2D eigenvalue weighted by Crippen LogP contribution is -2.26. The number of allylic oxidation sites excluding steroid dienone is 4. The van der Waals surface area contributed by atoms with E-state index in [-0.39, 0.29) is 0 Å². The molecular formula is C31H32FN5S. The highest BCUT2D eigenvalue weighted by Gasteiger charge is 2.19. The molecule has 38 heavy (non-hydrogen) atoms. The number of likely N-dealkylation sites (tertiary alicyclic amines) is 1. The number of halogens is 1. The molecule has 194 valence electrons. The SMILES string of the molecule is C=C/C(=C\C(=C/C)C(=C)/C(F)=c1/c(-c2nc3c(-c4cccs4)cccc3[nH]2)n[nH]/c1=C/C)CN1CCCC1. The zero-order chi connectivity index (χ0) is 26.6. The van der Waals surface area contributed by atoms with E-state index in [0.717, 1.165) is 52.3 Å². The lowest BCUT2D eigenvalue weighted by atomic mass is 10.0. The molecule has 5 nitrogen and oxygen atoms in total. The summed E-state index contributed by atoms with van der Waals surface area (Å²) >= 11 is 1.66. The second kappa shape index (κ2) is 11.3. The first-order valence-electron chi connectivity index (χ1n) is 12.9. The van der Waals surface area contributed by atoms with Crippen LogP contribution >= 0.6 is 11.3 Å². The Labute approximate surface area is 226 Å². The summed E-state index contributed by atoms with van der Waals surface area (Å²) in [4.78, 5) is 11.7. The zero-order valence-corrected chi connectivity index (χ0v) is 22.7. The van der Waals surface area contributed by atoms with Gasteiger partial charge in [-0.1, -0.05) is 55.7 Å². The van der Waals surface area contributed by atoms with Crippen molar-refractivity contribution in [3.63, 3.8) is 0 Å². The summed E-state index contributed by atoms with van der Waals surface area (Å²) in [5.74, 6) is 0.0689. The highest BCUT2D eigenvalue weighted by Crippen LogP contribution is 2.32. The lowest BCUT2D eigenvalue weighted by Gasteiger charge is -2.16. The monoisotopic (exact) mass is 525 g/mol. The molecule has 1 saturated heterocycles. The maximum atomic E-state index is 16.3. The summed E-state index contributed by atoms with van der Waals surface area (Å²) in [6.07, 6.45) is 9.96. The number of para-hydroxylation sites is 1. The van der Waals surface area contributed by atoms with Crippen LogP contribution in [0.15, 0.2) is 83.8 Å². The normalized spacial score (nSPS) is 16.4. The Bertz CT molecular complexity index is 1660. The van der Waals surface area contributed by atoms with Crippen LogP contribution in [0.5, 0.6) is 0 Å². The van der Waals surface area contributed by atoms with E-state index >= 15 is 4.39 Å². The first kappa shape index (κ1) is 25.8. The van der Waals surface area contributed by atoms with Crippen LogP contribution in [0.25, 0.3) is 44.9 Å². The van der Waals surface area contributed by atoms with E-state index in [2.05, 4.69) is 39.3 Å². The molecule has 7 heteroatoms. The highest BCUT2D eigenvalue weighted by molar-refractivity contribution is 7.13. The number of nitrogens with zero attached hydrogens (tertiary/aromatic N) is 3. The third-order valence-electron chi connectivity index (χ3n) is 6.96. The number of fused-ring (bicyclic) bond motifs is 1. The van der Waals surface area contributed by atoms with E-state index in [0.29, 0.717) is 27.7 Å². The fourth-order valence-corrected chi connectivity index (χ4v) is 5.68. The Morgan fingerprint density at radius 2 is 2.00 bits per heavy atom. The van der Waals surface area contributed by atoms with Crippen LogP contribution in [-0.2, 0) is 0 Å². The Kier molecular flexibility index (Phi) is 7.67. The van der Waals surface area contributed by atoms with E-state index in [1.165, 1.54) is 12.8 Å². The van der Waals surface area contributed by atoms with Crippen molar-refractivity contribution in [2.24, 2.45) is 0 Å². The molecule has 0 bridgehead atoms. The van der Waals surface area contributed by atoms with Gasteiger partial charge in [-0.2, -0.15) is 5.10 Å². The third-order valence-corrected chi connectivity index (χ3v) is 7.86. The van der Waals surface area contributed by atoms with Gasteiger partial charge in [-0.25, -0.2) is 9.37 Å². The van der Waals surface area contributed by atoms with Gasteiger partial charge in [0.05, 0.1) is 21.6 Å². The van der Waals surface area contributed by atoms with E-state index in [1.54, 1.807) is 11.3 Å². The Balaban J connectivity index is 1.58. The maximum absolute atomic E-state index is 16.3. The zero-order valence-electron chi connectivity index (χ0n) is 21.9. The Morgan fingerprint density at radius 3 is 2.68 bits per heavy atom. The molecule has 4 heterocycles. The van der Waals surface area contributed by atoms with Crippen molar-refractivity contribution >= 4 is 34.3 Å². The number of H-pyrrole nitrogens is 2. The van der Waals surface area contributed by atoms with Crippen LogP contribution in [0.2, 0.25) is 0 Å². The van der Waals surface area contributed by atoms with Crippen molar-refractivity contribution < 1.29 is 4.39 Å². The predicted octanol–water partition coefficient (Wildman–Crippen LogP) is 6.27. The molecule has 0 radical (unpaired) electrons. The number of rotatable bonds is 8. The van der Waals surface area contributed by atoms with E-state index < -0.39 is 5.83 Å². The van der Waals surface area contributed by atoms with E-state index in [9.17, 15) is 0 Å². The fourth-order valence-electron chi connectivity index (χ4n) is 4.92. The van der Waals surface area contributed by atoms with Crippen molar-refractivity contribution in [2.45, 2.75) is 26.7 Å². The summed E-state index contributed by atoms with van der Waals surface area (Å²) in [5.41, 5.74) is 5.22. The van der Waals surface area contributed by atoms with Crippen LogP contribution in [-0.4, -0.2) is 44.7 Å². The smallest absolute Gasteiger partial charge is 0.159 e. The van der Waals surface area contributed by atoms with Gasteiger partial charge in [0.25, 0.3) is 0 Å². The largest absolute Gasteiger partial charge is 0.337 e. The predicted molar refractivity (Wildman–Crippen MR) is 158 cm³/mol. The molecule has 0 aliphatic carbocycles. The van der Waals surface area contributed by atoms with Crippen LogP contribution < -0.4 is 10.6 Å². The van der Waals surface area contributed by atoms with Gasteiger partial charge in [-0.15, -0.1) is 11.3 Å². The third kappa shape index (κ3) is 4.99. The molecule has 1 aliphatic rings. The number of hydrogen-bond donors (Lipinski definition) is 2. The highest BCUT2D eigenvalue weighted by atomic mass is 32.1. The number of thiophene rings is 1. The molecule has 5 rings (SSSR count). The average Bonchev–Trinajstić information content (AvgIpc) is 3.75. The number of nitrogens with one attached hydrogen (secondary N) is 2. The van der Waals surface area contributed by atoms with Crippen LogP contribution in [0, 0.1) is 0 Å². The van der Waals surface area contributed by atoms with Gasteiger partial charge in [0.1, 0.15) is 11.5 Å². The number of imidazole rings is 1. The first-order chi connectivity index (χ1) is 18.5. The number of aromatic nitrogens is 4. The fraction of sp³-hybridized carbons (Fsp3) is 0.226. The molecule has 1 aliphatic heterocycles. The molecule has 3 aromatic heterocycles. The quantitative estimate of drug-likeness (QED) is 0.267. The van der Waals surface area contributed by atoms with Crippen molar-refractivity contribution in [1.29, 1.82) is 0 Å². The second-order valence-electron chi connectivity index (χ2n) is 9.36. The summed E-state index contributed by atoms with van der Waals surface area (Å²) in [6.45, 7) is 14.8.